The van der Waals surface area contributed by atoms with Gasteiger partial charge in [0.15, 0.2) is 5.58 Å². The number of benzene rings is 2. The first-order chi connectivity index (χ1) is 14.1. The molecule has 8 heteroatoms. The topological polar surface area (TPSA) is 87.5 Å². The van der Waals surface area contributed by atoms with Crippen molar-refractivity contribution < 1.29 is 14.0 Å². The number of halogens is 1. The summed E-state index contributed by atoms with van der Waals surface area (Å²) in [6.07, 6.45) is 1.50. The number of carbonyl (C=O) groups is 2. The number of anilines is 1. The minimum atomic E-state index is -0.274. The third-order valence-electron chi connectivity index (χ3n) is 5.02. The fourth-order valence-corrected chi connectivity index (χ4v) is 3.52. The molecule has 1 saturated heterocycles. The molecule has 4 rings (SSSR count). The van der Waals surface area contributed by atoms with Crippen molar-refractivity contribution in [1.29, 1.82) is 0 Å². The Bertz CT molecular complexity index is 977. The number of nitrogens with zero attached hydrogens (tertiary/aromatic N) is 2. The Morgan fingerprint density at radius 2 is 1.79 bits per heavy atom. The Morgan fingerprint density at radius 1 is 1.07 bits per heavy atom. The van der Waals surface area contributed by atoms with Crippen molar-refractivity contribution in [1.82, 2.24) is 15.8 Å². The lowest BCUT2D eigenvalue weighted by Crippen LogP contribution is -2.47. The first-order valence-electron chi connectivity index (χ1n) is 9.52. The Hall–Kier alpha value is -3.06. The summed E-state index contributed by atoms with van der Waals surface area (Å²) in [6, 6.07) is 15.2. The Labute approximate surface area is 173 Å². The molecule has 2 heterocycles. The number of para-hydroxylation sites is 2. The van der Waals surface area contributed by atoms with Gasteiger partial charge in [0.2, 0.25) is 11.8 Å². The quantitative estimate of drug-likeness (QED) is 0.643. The van der Waals surface area contributed by atoms with Crippen molar-refractivity contribution in [2.24, 2.45) is 5.92 Å². The second-order valence-corrected chi connectivity index (χ2v) is 7.50. The lowest BCUT2D eigenvalue weighted by Gasteiger charge is -2.30. The summed E-state index contributed by atoms with van der Waals surface area (Å²) in [4.78, 5) is 31.0. The molecule has 1 aliphatic rings. The van der Waals surface area contributed by atoms with E-state index < -0.39 is 0 Å². The van der Waals surface area contributed by atoms with Crippen molar-refractivity contribution in [2.45, 2.75) is 19.3 Å². The Kier molecular flexibility index (Phi) is 5.67. The highest BCUT2D eigenvalue weighted by Gasteiger charge is 2.27. The molecule has 0 bridgehead atoms. The number of hydrazine groups is 1. The van der Waals surface area contributed by atoms with Crippen LogP contribution in [-0.2, 0) is 16.0 Å². The fraction of sp³-hybridized carbons (Fsp3) is 0.286. The van der Waals surface area contributed by atoms with Gasteiger partial charge in [-0.05, 0) is 42.7 Å². The van der Waals surface area contributed by atoms with Gasteiger partial charge in [0, 0.05) is 24.0 Å². The standard InChI is InChI=1S/C21H21ClN4O3/c22-16-7-5-14(6-8-16)13-19(27)24-25-20(28)15-9-11-26(12-10-15)21-23-17-3-1-2-4-18(17)29-21/h1-8,15H,9-13H2,(H,24,27)(H,25,28). The van der Waals surface area contributed by atoms with Crippen LogP contribution in [0.5, 0.6) is 0 Å². The SMILES string of the molecule is O=C(Cc1ccc(Cl)cc1)NNC(=O)C1CCN(c2nc3ccccc3o2)CC1. The number of carbonyl (C=O) groups excluding carboxylic acids is 2. The third-order valence-corrected chi connectivity index (χ3v) is 5.27. The number of amides is 2. The third kappa shape index (κ3) is 4.68. The molecule has 2 aromatic carbocycles. The molecular formula is C21H21ClN4O3. The zero-order chi connectivity index (χ0) is 20.2. The van der Waals surface area contributed by atoms with Crippen LogP contribution in [0.15, 0.2) is 52.9 Å². The molecule has 1 aliphatic heterocycles. The summed E-state index contributed by atoms with van der Waals surface area (Å²) in [7, 11) is 0. The van der Waals surface area contributed by atoms with Crippen LogP contribution in [0.3, 0.4) is 0 Å². The smallest absolute Gasteiger partial charge is 0.298 e. The highest BCUT2D eigenvalue weighted by Crippen LogP contribution is 2.26. The van der Waals surface area contributed by atoms with Crippen LogP contribution in [0.1, 0.15) is 18.4 Å². The number of hydrogen-bond acceptors (Lipinski definition) is 5. The fourth-order valence-electron chi connectivity index (χ4n) is 3.39. The number of fused-ring (bicyclic) bond motifs is 1. The number of rotatable bonds is 4. The first kappa shape index (κ1) is 19.3. The molecule has 0 spiro atoms. The molecule has 29 heavy (non-hydrogen) atoms. The molecule has 3 aromatic rings. The highest BCUT2D eigenvalue weighted by molar-refractivity contribution is 6.30. The van der Waals surface area contributed by atoms with E-state index in [9.17, 15) is 9.59 Å². The van der Waals surface area contributed by atoms with Gasteiger partial charge >= 0.3 is 0 Å². The van der Waals surface area contributed by atoms with E-state index >= 15 is 0 Å². The average Bonchev–Trinajstić information content (AvgIpc) is 3.18. The molecule has 0 atom stereocenters. The zero-order valence-corrected chi connectivity index (χ0v) is 16.5. The van der Waals surface area contributed by atoms with Crippen LogP contribution in [0, 0.1) is 5.92 Å². The van der Waals surface area contributed by atoms with E-state index in [0.29, 0.717) is 37.0 Å². The van der Waals surface area contributed by atoms with Crippen LogP contribution >= 0.6 is 11.6 Å². The minimum absolute atomic E-state index is 0.161. The molecule has 0 aliphatic carbocycles. The summed E-state index contributed by atoms with van der Waals surface area (Å²) in [5.41, 5.74) is 7.43. The lowest BCUT2D eigenvalue weighted by atomic mass is 9.96. The van der Waals surface area contributed by atoms with E-state index in [1.165, 1.54) is 0 Å². The zero-order valence-electron chi connectivity index (χ0n) is 15.7. The lowest BCUT2D eigenvalue weighted by molar-refractivity contribution is -0.131. The van der Waals surface area contributed by atoms with E-state index in [-0.39, 0.29) is 24.2 Å². The van der Waals surface area contributed by atoms with Crippen molar-refractivity contribution in [2.75, 3.05) is 18.0 Å². The van der Waals surface area contributed by atoms with Gasteiger partial charge in [-0.2, -0.15) is 4.98 Å². The number of aromatic nitrogens is 1. The normalized spacial score (nSPS) is 14.7. The number of hydrogen-bond donors (Lipinski definition) is 2. The van der Waals surface area contributed by atoms with Gasteiger partial charge in [-0.15, -0.1) is 0 Å². The van der Waals surface area contributed by atoms with Gasteiger partial charge in [0.05, 0.1) is 6.42 Å². The highest BCUT2D eigenvalue weighted by atomic mass is 35.5. The molecule has 1 aromatic heterocycles. The van der Waals surface area contributed by atoms with Gasteiger partial charge in [-0.3, -0.25) is 20.4 Å². The number of piperidine rings is 1. The van der Waals surface area contributed by atoms with Crippen LogP contribution in [-0.4, -0.2) is 29.9 Å². The van der Waals surface area contributed by atoms with Crippen molar-refractivity contribution in [3.8, 4) is 0 Å². The summed E-state index contributed by atoms with van der Waals surface area (Å²) in [5.74, 6) is -0.609. The van der Waals surface area contributed by atoms with Gasteiger partial charge in [-0.1, -0.05) is 35.9 Å². The van der Waals surface area contributed by atoms with E-state index in [1.807, 2.05) is 29.2 Å². The van der Waals surface area contributed by atoms with E-state index in [0.717, 1.165) is 16.7 Å². The van der Waals surface area contributed by atoms with Crippen LogP contribution in [0.4, 0.5) is 6.01 Å². The van der Waals surface area contributed by atoms with E-state index in [4.69, 9.17) is 16.0 Å². The maximum atomic E-state index is 12.4. The molecule has 0 unspecified atom stereocenters. The molecule has 150 valence electrons. The Balaban J connectivity index is 1.24. The molecule has 0 radical (unpaired) electrons. The van der Waals surface area contributed by atoms with Crippen LogP contribution < -0.4 is 15.8 Å². The predicted octanol–water partition coefficient (Wildman–Crippen LogP) is 3.09. The van der Waals surface area contributed by atoms with E-state index in [1.54, 1.807) is 24.3 Å². The van der Waals surface area contributed by atoms with Crippen molar-refractivity contribution in [3.63, 3.8) is 0 Å². The van der Waals surface area contributed by atoms with Crippen LogP contribution in [0.25, 0.3) is 11.1 Å². The second kappa shape index (κ2) is 8.53. The van der Waals surface area contributed by atoms with E-state index in [2.05, 4.69) is 15.8 Å². The number of nitrogens with one attached hydrogen (secondary N) is 2. The van der Waals surface area contributed by atoms with Crippen molar-refractivity contribution in [3.05, 3.63) is 59.1 Å². The van der Waals surface area contributed by atoms with Gasteiger partial charge < -0.3 is 9.32 Å². The minimum Gasteiger partial charge on any atom is -0.423 e. The summed E-state index contributed by atoms with van der Waals surface area (Å²) in [6.45, 7) is 1.34. The van der Waals surface area contributed by atoms with Gasteiger partial charge in [0.25, 0.3) is 6.01 Å². The first-order valence-corrected chi connectivity index (χ1v) is 9.90. The largest absolute Gasteiger partial charge is 0.423 e. The Morgan fingerprint density at radius 3 is 2.52 bits per heavy atom. The summed E-state index contributed by atoms with van der Waals surface area (Å²) in [5, 5.41) is 0.617. The maximum Gasteiger partial charge on any atom is 0.298 e. The van der Waals surface area contributed by atoms with Crippen molar-refractivity contribution >= 4 is 40.5 Å². The summed E-state index contributed by atoms with van der Waals surface area (Å²) < 4.78 is 5.80. The molecule has 1 fully saturated rings. The molecule has 0 saturated carbocycles. The second-order valence-electron chi connectivity index (χ2n) is 7.07. The van der Waals surface area contributed by atoms with Gasteiger partial charge in [0.1, 0.15) is 5.52 Å². The van der Waals surface area contributed by atoms with Gasteiger partial charge in [-0.25, -0.2) is 0 Å². The van der Waals surface area contributed by atoms with Crippen LogP contribution in [0.2, 0.25) is 5.02 Å². The molecule has 7 nitrogen and oxygen atoms in total. The summed E-state index contributed by atoms with van der Waals surface area (Å²) >= 11 is 5.84. The maximum absolute atomic E-state index is 12.4. The monoisotopic (exact) mass is 412 g/mol. The molecule has 2 N–H and O–H groups in total. The number of oxazole rings is 1. The average molecular weight is 413 g/mol. The molecular weight excluding hydrogens is 392 g/mol. The molecule has 2 amide bonds. The predicted molar refractivity (Wildman–Crippen MR) is 110 cm³/mol.